The van der Waals surface area contributed by atoms with Crippen molar-refractivity contribution >= 4 is 22.1 Å². The largest absolute Gasteiger partial charge is 0.384 e. The highest BCUT2D eigenvalue weighted by molar-refractivity contribution is 7.15. The quantitative estimate of drug-likeness (QED) is 0.740. The molecule has 0 amide bonds. The van der Waals surface area contributed by atoms with Crippen molar-refractivity contribution in [2.24, 2.45) is 17.8 Å². The number of rotatable bonds is 2. The van der Waals surface area contributed by atoms with E-state index < -0.39 is 0 Å². The summed E-state index contributed by atoms with van der Waals surface area (Å²) in [5, 5.41) is 2.18. The fourth-order valence-electron chi connectivity index (χ4n) is 6.23. The molecule has 0 atom stereocenters. The van der Waals surface area contributed by atoms with Gasteiger partial charge in [-0.05, 0) is 68.4 Å². The average molecular weight is 350 g/mol. The van der Waals surface area contributed by atoms with Crippen LogP contribution in [0.1, 0.15) is 44.2 Å². The molecule has 3 aromatic rings. The molecule has 2 N–H and O–H groups in total. The molecule has 25 heavy (non-hydrogen) atoms. The van der Waals surface area contributed by atoms with E-state index in [4.69, 9.17) is 10.7 Å². The maximum absolute atomic E-state index is 5.74. The van der Waals surface area contributed by atoms with Gasteiger partial charge in [-0.2, -0.15) is 0 Å². The van der Waals surface area contributed by atoms with Crippen LogP contribution in [0, 0.1) is 17.8 Å². The van der Waals surface area contributed by atoms with Crippen LogP contribution in [0.2, 0.25) is 0 Å². The first-order valence-electron chi connectivity index (χ1n) is 9.37. The van der Waals surface area contributed by atoms with Crippen LogP contribution in [0.3, 0.4) is 0 Å². The summed E-state index contributed by atoms with van der Waals surface area (Å²) in [6.45, 7) is 0. The van der Waals surface area contributed by atoms with Gasteiger partial charge in [-0.25, -0.2) is 9.97 Å². The van der Waals surface area contributed by atoms with Crippen LogP contribution < -0.4 is 5.73 Å². The minimum atomic E-state index is 0.358. The minimum absolute atomic E-state index is 0.358. The summed E-state index contributed by atoms with van der Waals surface area (Å²) in [4.78, 5) is 10.5. The smallest absolute Gasteiger partial charge is 0.194 e. The molecule has 0 spiro atoms. The molecule has 4 saturated carbocycles. The van der Waals surface area contributed by atoms with Gasteiger partial charge in [0, 0.05) is 28.8 Å². The first-order valence-corrected chi connectivity index (χ1v) is 10.3. The van der Waals surface area contributed by atoms with Gasteiger partial charge in [0.05, 0.1) is 11.4 Å². The van der Waals surface area contributed by atoms with E-state index in [1.807, 2.05) is 18.3 Å². The Bertz CT molecular complexity index is 917. The molecule has 4 nitrogen and oxygen atoms in total. The number of anilines is 1. The highest BCUT2D eigenvalue weighted by atomic mass is 32.1. The van der Waals surface area contributed by atoms with Crippen LogP contribution in [0.4, 0.5) is 5.82 Å². The van der Waals surface area contributed by atoms with Crippen molar-refractivity contribution in [3.63, 3.8) is 0 Å². The van der Waals surface area contributed by atoms with Gasteiger partial charge >= 0.3 is 0 Å². The minimum Gasteiger partial charge on any atom is -0.384 e. The van der Waals surface area contributed by atoms with E-state index in [-0.39, 0.29) is 0 Å². The Morgan fingerprint density at radius 1 is 1.08 bits per heavy atom. The summed E-state index contributed by atoms with van der Waals surface area (Å²) in [6, 6.07) is 3.92. The first kappa shape index (κ1) is 14.3. The summed E-state index contributed by atoms with van der Waals surface area (Å²) in [7, 11) is 0. The molecule has 0 saturated heterocycles. The Morgan fingerprint density at radius 2 is 1.80 bits per heavy atom. The number of nitrogens with zero attached hydrogens (tertiary/aromatic N) is 3. The molecule has 0 unspecified atom stereocenters. The summed E-state index contributed by atoms with van der Waals surface area (Å²) in [5.74, 6) is 3.42. The Kier molecular flexibility index (Phi) is 2.77. The molecule has 3 aromatic heterocycles. The lowest BCUT2D eigenvalue weighted by Crippen LogP contribution is -2.48. The van der Waals surface area contributed by atoms with Gasteiger partial charge in [-0.1, -0.05) is 0 Å². The van der Waals surface area contributed by atoms with Crippen LogP contribution >= 0.6 is 11.3 Å². The molecule has 0 radical (unpaired) electrons. The van der Waals surface area contributed by atoms with E-state index in [1.54, 1.807) is 11.3 Å². The fourth-order valence-corrected chi connectivity index (χ4v) is 7.11. The van der Waals surface area contributed by atoms with Gasteiger partial charge in [0.1, 0.15) is 5.82 Å². The number of thiazole rings is 1. The number of imidazole rings is 1. The number of pyridine rings is 1. The molecule has 5 heteroatoms. The predicted molar refractivity (Wildman–Crippen MR) is 101 cm³/mol. The van der Waals surface area contributed by atoms with E-state index in [2.05, 4.69) is 21.0 Å². The van der Waals surface area contributed by atoms with Crippen LogP contribution in [0.25, 0.3) is 16.2 Å². The Hall–Kier alpha value is -1.88. The van der Waals surface area contributed by atoms with Crippen molar-refractivity contribution in [1.29, 1.82) is 0 Å². The molecule has 0 aromatic carbocycles. The van der Waals surface area contributed by atoms with Gasteiger partial charge < -0.3 is 5.73 Å². The SMILES string of the molecule is Nc1ccc(-c2csc3nc(C45CC6CC(CC(C6)C4)C5)cn23)cn1. The van der Waals surface area contributed by atoms with Gasteiger partial charge in [0.25, 0.3) is 0 Å². The number of nitrogens with two attached hydrogens (primary N) is 1. The highest BCUT2D eigenvalue weighted by Gasteiger charge is 2.52. The molecule has 3 heterocycles. The van der Waals surface area contributed by atoms with Crippen molar-refractivity contribution in [2.45, 2.75) is 43.9 Å². The van der Waals surface area contributed by atoms with Gasteiger partial charge in [0.15, 0.2) is 4.96 Å². The molecule has 4 fully saturated rings. The van der Waals surface area contributed by atoms with Gasteiger partial charge in [0.2, 0.25) is 0 Å². The molecule has 4 aliphatic carbocycles. The Balaban J connectivity index is 1.45. The zero-order valence-electron chi connectivity index (χ0n) is 14.2. The molecule has 0 aliphatic heterocycles. The monoisotopic (exact) mass is 350 g/mol. The molecular formula is C20H22N4S. The molecule has 4 aliphatic rings. The number of hydrogen-bond donors (Lipinski definition) is 1. The third kappa shape index (κ3) is 2.05. The second-order valence-electron chi connectivity index (χ2n) is 8.57. The van der Waals surface area contributed by atoms with Crippen LogP contribution in [0.15, 0.2) is 29.9 Å². The zero-order chi connectivity index (χ0) is 16.6. The molecule has 128 valence electrons. The normalized spacial score (nSPS) is 33.4. The van der Waals surface area contributed by atoms with Crippen molar-refractivity contribution in [1.82, 2.24) is 14.4 Å². The molecule has 4 bridgehead atoms. The number of nitrogen functional groups attached to an aromatic ring is 1. The van der Waals surface area contributed by atoms with E-state index in [9.17, 15) is 0 Å². The topological polar surface area (TPSA) is 56.2 Å². The zero-order valence-corrected chi connectivity index (χ0v) is 15.0. The van der Waals surface area contributed by atoms with Gasteiger partial charge in [-0.3, -0.25) is 4.40 Å². The Labute approximate surface area is 151 Å². The maximum atomic E-state index is 5.74. The van der Waals surface area contributed by atoms with E-state index in [0.29, 0.717) is 11.2 Å². The summed E-state index contributed by atoms with van der Waals surface area (Å²) in [6.07, 6.45) is 12.7. The second kappa shape index (κ2) is 4.85. The second-order valence-corrected chi connectivity index (χ2v) is 9.41. The summed E-state index contributed by atoms with van der Waals surface area (Å²) >= 11 is 1.73. The number of aromatic nitrogens is 3. The highest BCUT2D eigenvalue weighted by Crippen LogP contribution is 2.60. The van der Waals surface area contributed by atoms with E-state index >= 15 is 0 Å². The van der Waals surface area contributed by atoms with E-state index in [1.165, 1.54) is 49.9 Å². The summed E-state index contributed by atoms with van der Waals surface area (Å²) in [5.41, 5.74) is 9.73. The fraction of sp³-hybridized carbons (Fsp3) is 0.500. The van der Waals surface area contributed by atoms with Gasteiger partial charge in [-0.15, -0.1) is 11.3 Å². The van der Waals surface area contributed by atoms with E-state index in [0.717, 1.165) is 28.3 Å². The average Bonchev–Trinajstić information content (AvgIpc) is 3.15. The van der Waals surface area contributed by atoms with Crippen molar-refractivity contribution in [3.8, 4) is 11.3 Å². The lowest BCUT2D eigenvalue weighted by Gasteiger charge is -2.56. The first-order chi connectivity index (χ1) is 12.2. The van der Waals surface area contributed by atoms with Crippen molar-refractivity contribution in [2.75, 3.05) is 5.73 Å². The molecular weight excluding hydrogens is 328 g/mol. The van der Waals surface area contributed by atoms with Crippen LogP contribution in [0.5, 0.6) is 0 Å². The standard InChI is InChI=1S/C20H22N4S/c21-18-2-1-15(9-22-18)16-11-25-19-23-17(10-24(16)19)20-6-12-3-13(7-20)5-14(4-12)8-20/h1-2,9-14H,3-8H2,(H2,21,22). The lowest BCUT2D eigenvalue weighted by atomic mass is 9.49. The lowest BCUT2D eigenvalue weighted by molar-refractivity contribution is -0.00696. The van der Waals surface area contributed by atoms with Crippen molar-refractivity contribution < 1.29 is 0 Å². The Morgan fingerprint density at radius 3 is 2.44 bits per heavy atom. The predicted octanol–water partition coefficient (Wildman–Crippen LogP) is 4.51. The molecule has 7 rings (SSSR count). The van der Waals surface area contributed by atoms with Crippen LogP contribution in [-0.2, 0) is 5.41 Å². The maximum Gasteiger partial charge on any atom is 0.194 e. The van der Waals surface area contributed by atoms with Crippen molar-refractivity contribution in [3.05, 3.63) is 35.6 Å². The third-order valence-electron chi connectivity index (χ3n) is 6.87. The number of fused-ring (bicyclic) bond motifs is 1. The summed E-state index contributed by atoms with van der Waals surface area (Å²) < 4.78 is 2.27. The van der Waals surface area contributed by atoms with Crippen LogP contribution in [-0.4, -0.2) is 14.4 Å². The third-order valence-corrected chi connectivity index (χ3v) is 7.71. The number of hydrogen-bond acceptors (Lipinski definition) is 4.